The Morgan fingerprint density at radius 1 is 1.14 bits per heavy atom. The fraction of sp³-hybridized carbons (Fsp3) is 0.636. The Labute approximate surface area is 168 Å². The maximum atomic E-state index is 12.2. The lowest BCUT2D eigenvalue weighted by atomic mass is 10.1. The van der Waals surface area contributed by atoms with Crippen molar-refractivity contribution >= 4 is 11.9 Å². The molecule has 0 unspecified atom stereocenters. The van der Waals surface area contributed by atoms with Crippen LogP contribution in [0.25, 0.3) is 0 Å². The monoisotopic (exact) mass is 390 g/mol. The van der Waals surface area contributed by atoms with Crippen molar-refractivity contribution in [3.05, 3.63) is 35.4 Å². The van der Waals surface area contributed by atoms with Gasteiger partial charge in [-0.3, -0.25) is 9.80 Å². The van der Waals surface area contributed by atoms with Crippen molar-refractivity contribution in [1.29, 1.82) is 0 Å². The van der Waals surface area contributed by atoms with Crippen molar-refractivity contribution in [2.45, 2.75) is 64.4 Å². The van der Waals surface area contributed by atoms with Crippen molar-refractivity contribution in [1.82, 2.24) is 10.0 Å². The number of methoxy groups -OCH3 is 1. The first kappa shape index (κ1) is 22.4. The fourth-order valence-electron chi connectivity index (χ4n) is 3.57. The van der Waals surface area contributed by atoms with Gasteiger partial charge in [0.25, 0.3) is 0 Å². The molecule has 1 atom stereocenters. The van der Waals surface area contributed by atoms with Gasteiger partial charge in [-0.05, 0) is 43.4 Å². The molecular weight excluding hydrogens is 356 g/mol. The highest BCUT2D eigenvalue weighted by Gasteiger charge is 2.28. The zero-order valence-corrected chi connectivity index (χ0v) is 17.2. The minimum absolute atomic E-state index is 0.162. The summed E-state index contributed by atoms with van der Waals surface area (Å²) in [4.78, 5) is 23.7. The molecule has 0 spiro atoms. The van der Waals surface area contributed by atoms with Gasteiger partial charge < -0.3 is 9.84 Å². The van der Waals surface area contributed by atoms with Crippen LogP contribution in [0, 0.1) is 0 Å². The number of carbonyl (C=O) groups excluding carboxylic acids is 2. The third kappa shape index (κ3) is 6.91. The van der Waals surface area contributed by atoms with E-state index in [1.807, 2.05) is 17.1 Å². The summed E-state index contributed by atoms with van der Waals surface area (Å²) in [5.41, 5.74) is 1.61. The molecule has 1 amide bonds. The van der Waals surface area contributed by atoms with E-state index in [9.17, 15) is 14.7 Å². The van der Waals surface area contributed by atoms with Crippen LogP contribution in [0.15, 0.2) is 24.3 Å². The van der Waals surface area contributed by atoms with E-state index in [0.717, 1.165) is 50.8 Å². The molecule has 1 saturated heterocycles. The number of hydrogen-bond acceptors (Lipinski definition) is 5. The summed E-state index contributed by atoms with van der Waals surface area (Å²) >= 11 is 0. The molecule has 1 aromatic carbocycles. The number of carbonyl (C=O) groups is 2. The maximum absolute atomic E-state index is 12.2. The van der Waals surface area contributed by atoms with Crippen LogP contribution in [-0.4, -0.2) is 59.8 Å². The van der Waals surface area contributed by atoms with Crippen molar-refractivity contribution in [3.63, 3.8) is 0 Å². The van der Waals surface area contributed by atoms with Crippen molar-refractivity contribution in [2.75, 3.05) is 26.7 Å². The summed E-state index contributed by atoms with van der Waals surface area (Å²) in [5.74, 6) is -0.181. The largest absolute Gasteiger partial charge is 0.465 e. The topological polar surface area (TPSA) is 70.1 Å². The zero-order chi connectivity index (χ0) is 20.4. The molecule has 6 nitrogen and oxygen atoms in total. The molecule has 1 N–H and O–H groups in total. The van der Waals surface area contributed by atoms with Crippen LogP contribution in [0.2, 0.25) is 0 Å². The Hall–Kier alpha value is -1.92. The van der Waals surface area contributed by atoms with Crippen LogP contribution >= 0.6 is 0 Å². The third-order valence-corrected chi connectivity index (χ3v) is 5.29. The molecule has 0 aliphatic carbocycles. The van der Waals surface area contributed by atoms with Gasteiger partial charge in [-0.2, -0.15) is 0 Å². The van der Waals surface area contributed by atoms with Crippen molar-refractivity contribution in [3.8, 4) is 0 Å². The molecule has 6 heteroatoms. The average molecular weight is 391 g/mol. The Morgan fingerprint density at radius 3 is 2.54 bits per heavy atom. The second-order valence-corrected chi connectivity index (χ2v) is 7.45. The minimum Gasteiger partial charge on any atom is -0.465 e. The minimum atomic E-state index is -0.343. The lowest BCUT2D eigenvalue weighted by Crippen LogP contribution is -2.41. The van der Waals surface area contributed by atoms with Gasteiger partial charge in [-0.15, -0.1) is 0 Å². The molecule has 0 saturated carbocycles. The van der Waals surface area contributed by atoms with Crippen molar-refractivity contribution in [2.24, 2.45) is 0 Å². The van der Waals surface area contributed by atoms with E-state index in [4.69, 9.17) is 4.74 Å². The standard InChI is InChI=1S/C22H34N2O4/c1-3-4-5-7-20(25)8-6-15-23-16-14-21(26)24(23)17-13-18-9-11-19(12-10-18)22(27)28-2/h9-12,20,25H,3-8,13-17H2,1-2H3/t20-/m0/s1. The number of aliphatic hydroxyl groups excluding tert-OH is 1. The van der Waals surface area contributed by atoms with Crippen LogP contribution in [0.4, 0.5) is 0 Å². The molecule has 0 aromatic heterocycles. The molecule has 0 radical (unpaired) electrons. The number of esters is 1. The van der Waals surface area contributed by atoms with Gasteiger partial charge in [0.2, 0.25) is 5.91 Å². The highest BCUT2D eigenvalue weighted by molar-refractivity contribution is 5.89. The summed E-state index contributed by atoms with van der Waals surface area (Å²) < 4.78 is 4.71. The van der Waals surface area contributed by atoms with Gasteiger partial charge >= 0.3 is 5.97 Å². The van der Waals surface area contributed by atoms with Crippen LogP contribution in [0.5, 0.6) is 0 Å². The third-order valence-electron chi connectivity index (χ3n) is 5.29. The van der Waals surface area contributed by atoms with E-state index in [1.165, 1.54) is 20.0 Å². The molecule has 0 bridgehead atoms. The van der Waals surface area contributed by atoms with E-state index in [1.54, 1.807) is 12.1 Å². The van der Waals surface area contributed by atoms with Gasteiger partial charge in [0, 0.05) is 26.1 Å². The molecule has 156 valence electrons. The van der Waals surface area contributed by atoms with Crippen LogP contribution < -0.4 is 0 Å². The molecule has 1 heterocycles. The fourth-order valence-corrected chi connectivity index (χ4v) is 3.57. The van der Waals surface area contributed by atoms with E-state index in [2.05, 4.69) is 11.9 Å². The number of hydrogen-bond donors (Lipinski definition) is 1. The Morgan fingerprint density at radius 2 is 1.86 bits per heavy atom. The summed E-state index contributed by atoms with van der Waals surface area (Å²) in [5, 5.41) is 14.0. The second-order valence-electron chi connectivity index (χ2n) is 7.45. The molecular formula is C22H34N2O4. The van der Waals surface area contributed by atoms with Crippen LogP contribution in [0.1, 0.15) is 67.8 Å². The summed E-state index contributed by atoms with van der Waals surface area (Å²) in [6.45, 7) is 4.36. The molecule has 1 aliphatic rings. The lowest BCUT2D eigenvalue weighted by molar-refractivity contribution is -0.138. The first-order chi connectivity index (χ1) is 13.5. The van der Waals surface area contributed by atoms with E-state index in [0.29, 0.717) is 18.5 Å². The SMILES string of the molecule is CCCCC[C@H](O)CCCN1CCC(=O)N1CCc1ccc(C(=O)OC)cc1. The zero-order valence-electron chi connectivity index (χ0n) is 17.2. The number of aliphatic hydroxyl groups is 1. The summed E-state index contributed by atoms with van der Waals surface area (Å²) in [6, 6.07) is 7.32. The summed E-state index contributed by atoms with van der Waals surface area (Å²) in [7, 11) is 1.37. The van der Waals surface area contributed by atoms with E-state index in [-0.39, 0.29) is 18.0 Å². The van der Waals surface area contributed by atoms with Gasteiger partial charge in [0.05, 0.1) is 18.8 Å². The maximum Gasteiger partial charge on any atom is 0.337 e. The highest BCUT2D eigenvalue weighted by Crippen LogP contribution is 2.16. The molecule has 2 rings (SSSR count). The number of unbranched alkanes of at least 4 members (excludes halogenated alkanes) is 2. The van der Waals surface area contributed by atoms with E-state index < -0.39 is 0 Å². The first-order valence-corrected chi connectivity index (χ1v) is 10.5. The Balaban J connectivity index is 1.76. The Bertz CT molecular complexity index is 617. The number of amides is 1. The van der Waals surface area contributed by atoms with Crippen molar-refractivity contribution < 1.29 is 19.4 Å². The molecule has 1 fully saturated rings. The summed E-state index contributed by atoms with van der Waals surface area (Å²) in [6.07, 6.45) is 7.05. The van der Waals surface area contributed by atoms with Gasteiger partial charge in [-0.1, -0.05) is 38.3 Å². The number of benzene rings is 1. The number of nitrogens with zero attached hydrogens (tertiary/aromatic N) is 2. The molecule has 28 heavy (non-hydrogen) atoms. The normalized spacial score (nSPS) is 15.8. The highest BCUT2D eigenvalue weighted by atomic mass is 16.5. The first-order valence-electron chi connectivity index (χ1n) is 10.5. The lowest BCUT2D eigenvalue weighted by Gasteiger charge is -2.28. The smallest absolute Gasteiger partial charge is 0.337 e. The predicted octanol–water partition coefficient (Wildman–Crippen LogP) is 3.19. The van der Waals surface area contributed by atoms with Gasteiger partial charge in [0.1, 0.15) is 0 Å². The Kier molecular flexibility index (Phi) is 9.44. The molecule has 1 aromatic rings. The number of rotatable bonds is 12. The van der Waals surface area contributed by atoms with Gasteiger partial charge in [0.15, 0.2) is 0 Å². The number of ether oxygens (including phenoxy) is 1. The average Bonchev–Trinajstić information content (AvgIpc) is 3.06. The quantitative estimate of drug-likeness (QED) is 0.438. The van der Waals surface area contributed by atoms with Gasteiger partial charge in [-0.25, -0.2) is 9.80 Å². The predicted molar refractivity (Wildman–Crippen MR) is 109 cm³/mol. The number of hydrazine groups is 1. The van der Waals surface area contributed by atoms with Crippen LogP contribution in [-0.2, 0) is 16.0 Å². The van der Waals surface area contributed by atoms with Crippen LogP contribution in [0.3, 0.4) is 0 Å². The molecule has 1 aliphatic heterocycles. The second kappa shape index (κ2) is 11.8. The van der Waals surface area contributed by atoms with E-state index >= 15 is 0 Å².